The molecular formula is C22H31N5O9. The molecule has 0 bridgehead atoms. The molecule has 14 nitrogen and oxygen atoms in total. The summed E-state index contributed by atoms with van der Waals surface area (Å²) in [6.45, 7) is 1.28. The zero-order valence-electron chi connectivity index (χ0n) is 19.6. The van der Waals surface area contributed by atoms with Crippen molar-refractivity contribution in [2.75, 3.05) is 0 Å². The molecule has 0 aliphatic heterocycles. The van der Waals surface area contributed by atoms with E-state index in [0.717, 1.165) is 0 Å². The fourth-order valence-corrected chi connectivity index (χ4v) is 2.99. The van der Waals surface area contributed by atoms with E-state index in [1.807, 2.05) is 0 Å². The van der Waals surface area contributed by atoms with E-state index in [4.69, 9.17) is 16.6 Å². The summed E-state index contributed by atoms with van der Waals surface area (Å²) in [6.07, 6.45) is -1.10. The first kappa shape index (κ1) is 29.8. The van der Waals surface area contributed by atoms with Gasteiger partial charge in [-0.3, -0.25) is 24.0 Å². The number of benzene rings is 1. The number of aromatic hydroxyl groups is 1. The molecular weight excluding hydrogens is 478 g/mol. The number of phenols is 1. The van der Waals surface area contributed by atoms with Gasteiger partial charge in [-0.05, 0) is 37.5 Å². The van der Waals surface area contributed by atoms with Gasteiger partial charge in [0.05, 0.1) is 6.04 Å². The van der Waals surface area contributed by atoms with Gasteiger partial charge in [0.1, 0.15) is 23.9 Å². The third kappa shape index (κ3) is 10.8. The maximum absolute atomic E-state index is 12.9. The van der Waals surface area contributed by atoms with Gasteiger partial charge in [-0.15, -0.1) is 0 Å². The van der Waals surface area contributed by atoms with Crippen LogP contribution in [0.15, 0.2) is 24.3 Å². The molecule has 1 rings (SSSR count). The zero-order chi connectivity index (χ0) is 27.4. The zero-order valence-corrected chi connectivity index (χ0v) is 19.6. The van der Waals surface area contributed by atoms with E-state index >= 15 is 0 Å². The standard InChI is InChI=1S/C22H31N5O9/c1-11(19(32)26-15(22(35)36)7-9-18(30)31)25-21(34)16(10-12-2-4-13(28)5-3-12)27-20(33)14(23)6-8-17(24)29/h2-5,11,14-16,28H,6-10,23H2,1H3,(H2,24,29)(H,25,34)(H,26,32)(H,27,33)(H,30,31)(H,35,36). The van der Waals surface area contributed by atoms with Crippen LogP contribution in [0, 0.1) is 0 Å². The number of aliphatic carboxylic acids is 2. The summed E-state index contributed by atoms with van der Waals surface area (Å²) in [5.74, 6) is -5.76. The lowest BCUT2D eigenvalue weighted by Crippen LogP contribution is -2.57. The van der Waals surface area contributed by atoms with Crippen LogP contribution in [0.4, 0.5) is 0 Å². The van der Waals surface area contributed by atoms with E-state index in [-0.39, 0.29) is 31.4 Å². The molecule has 0 spiro atoms. The van der Waals surface area contributed by atoms with Crippen LogP contribution < -0.4 is 27.4 Å². The summed E-state index contributed by atoms with van der Waals surface area (Å²) in [7, 11) is 0. The Kier molecular flexibility index (Phi) is 11.8. The minimum absolute atomic E-state index is 0.0153. The number of carboxylic acids is 2. The van der Waals surface area contributed by atoms with Crippen molar-refractivity contribution >= 4 is 35.6 Å². The molecule has 0 fully saturated rings. The van der Waals surface area contributed by atoms with Crippen molar-refractivity contribution in [1.82, 2.24) is 16.0 Å². The van der Waals surface area contributed by atoms with E-state index in [1.54, 1.807) is 0 Å². The van der Waals surface area contributed by atoms with Gasteiger partial charge in [0.15, 0.2) is 0 Å². The van der Waals surface area contributed by atoms with E-state index < -0.39 is 66.2 Å². The highest BCUT2D eigenvalue weighted by molar-refractivity contribution is 5.94. The number of carbonyl (C=O) groups is 6. The first-order valence-corrected chi connectivity index (χ1v) is 11.0. The molecule has 1 aromatic rings. The van der Waals surface area contributed by atoms with Crippen LogP contribution in [0.5, 0.6) is 5.75 Å². The van der Waals surface area contributed by atoms with Crippen molar-refractivity contribution in [1.29, 1.82) is 0 Å². The first-order chi connectivity index (χ1) is 16.8. The minimum atomic E-state index is -1.48. The van der Waals surface area contributed by atoms with Crippen molar-refractivity contribution in [2.45, 2.75) is 63.2 Å². The van der Waals surface area contributed by atoms with Gasteiger partial charge in [0.2, 0.25) is 23.6 Å². The van der Waals surface area contributed by atoms with E-state index in [0.29, 0.717) is 5.56 Å². The highest BCUT2D eigenvalue weighted by atomic mass is 16.4. The molecule has 4 amide bonds. The Labute approximate surface area is 206 Å². The maximum Gasteiger partial charge on any atom is 0.326 e. The molecule has 10 N–H and O–H groups in total. The van der Waals surface area contributed by atoms with Crippen molar-refractivity contribution < 1.29 is 44.1 Å². The second kappa shape index (κ2) is 14.3. The van der Waals surface area contributed by atoms with Crippen molar-refractivity contribution in [3.05, 3.63) is 29.8 Å². The number of phenolic OH excluding ortho intramolecular Hbond substituents is 1. The molecule has 0 heterocycles. The van der Waals surface area contributed by atoms with Gasteiger partial charge >= 0.3 is 11.9 Å². The number of nitrogens with one attached hydrogen (secondary N) is 3. The Morgan fingerprint density at radius 2 is 1.42 bits per heavy atom. The van der Waals surface area contributed by atoms with E-state index in [1.165, 1.54) is 31.2 Å². The van der Waals surface area contributed by atoms with Crippen LogP contribution in [0.3, 0.4) is 0 Å². The van der Waals surface area contributed by atoms with Crippen LogP contribution in [0.25, 0.3) is 0 Å². The molecule has 0 aromatic heterocycles. The molecule has 1 aromatic carbocycles. The second-order valence-electron chi connectivity index (χ2n) is 8.11. The lowest BCUT2D eigenvalue weighted by Gasteiger charge is -2.23. The van der Waals surface area contributed by atoms with Crippen LogP contribution in [-0.2, 0) is 35.2 Å². The number of rotatable bonds is 15. The predicted octanol–water partition coefficient (Wildman–Crippen LogP) is -2.05. The number of nitrogens with two attached hydrogens (primary N) is 2. The van der Waals surface area contributed by atoms with Gasteiger partial charge in [0.25, 0.3) is 0 Å². The molecule has 0 saturated carbocycles. The monoisotopic (exact) mass is 509 g/mol. The Morgan fingerprint density at radius 3 is 1.94 bits per heavy atom. The van der Waals surface area contributed by atoms with Gasteiger partial charge < -0.3 is 42.7 Å². The lowest BCUT2D eigenvalue weighted by atomic mass is 10.0. The van der Waals surface area contributed by atoms with Crippen LogP contribution in [0.1, 0.15) is 38.2 Å². The van der Waals surface area contributed by atoms with Crippen LogP contribution in [-0.4, -0.2) is 75.1 Å². The number of carboxylic acid groups (broad SMARTS) is 2. The number of hydrogen-bond acceptors (Lipinski definition) is 8. The highest BCUT2D eigenvalue weighted by Gasteiger charge is 2.29. The number of amides is 4. The molecule has 36 heavy (non-hydrogen) atoms. The Morgan fingerprint density at radius 1 is 0.833 bits per heavy atom. The molecule has 4 atom stereocenters. The molecule has 0 aliphatic carbocycles. The fourth-order valence-electron chi connectivity index (χ4n) is 2.99. The van der Waals surface area contributed by atoms with Crippen LogP contribution in [0.2, 0.25) is 0 Å². The largest absolute Gasteiger partial charge is 0.508 e. The molecule has 4 unspecified atom stereocenters. The topological polar surface area (TPSA) is 251 Å². The van der Waals surface area contributed by atoms with Gasteiger partial charge in [0, 0.05) is 19.3 Å². The smallest absolute Gasteiger partial charge is 0.326 e. The van der Waals surface area contributed by atoms with Crippen molar-refractivity contribution in [2.24, 2.45) is 11.5 Å². The van der Waals surface area contributed by atoms with Crippen molar-refractivity contribution in [3.63, 3.8) is 0 Å². The number of hydrogen-bond donors (Lipinski definition) is 8. The average Bonchev–Trinajstić information content (AvgIpc) is 2.80. The van der Waals surface area contributed by atoms with Crippen LogP contribution >= 0.6 is 0 Å². The fraction of sp³-hybridized carbons (Fsp3) is 0.455. The Bertz CT molecular complexity index is 967. The average molecular weight is 510 g/mol. The Balaban J connectivity index is 2.92. The summed E-state index contributed by atoms with van der Waals surface area (Å²) in [6, 6.07) is 0.706. The highest BCUT2D eigenvalue weighted by Crippen LogP contribution is 2.12. The summed E-state index contributed by atoms with van der Waals surface area (Å²) >= 11 is 0. The van der Waals surface area contributed by atoms with E-state index in [2.05, 4.69) is 16.0 Å². The summed E-state index contributed by atoms with van der Waals surface area (Å²) in [5, 5.41) is 34.4. The maximum atomic E-state index is 12.9. The lowest BCUT2D eigenvalue weighted by molar-refractivity contribution is -0.143. The summed E-state index contributed by atoms with van der Waals surface area (Å²) < 4.78 is 0. The van der Waals surface area contributed by atoms with Gasteiger partial charge in [-0.25, -0.2) is 4.79 Å². The molecule has 0 saturated heterocycles. The third-order valence-corrected chi connectivity index (χ3v) is 5.06. The number of carbonyl (C=O) groups excluding carboxylic acids is 4. The summed E-state index contributed by atoms with van der Waals surface area (Å²) in [4.78, 5) is 70.8. The van der Waals surface area contributed by atoms with Crippen molar-refractivity contribution in [3.8, 4) is 5.75 Å². The Hall–Kier alpha value is -4.20. The molecule has 14 heteroatoms. The molecule has 0 aliphatic rings. The molecule has 198 valence electrons. The molecule has 0 radical (unpaired) electrons. The summed E-state index contributed by atoms with van der Waals surface area (Å²) in [5.41, 5.74) is 11.4. The second-order valence-corrected chi connectivity index (χ2v) is 8.11. The SMILES string of the molecule is CC(NC(=O)C(Cc1ccc(O)cc1)NC(=O)C(N)CCC(N)=O)C(=O)NC(CCC(=O)O)C(=O)O. The quantitative estimate of drug-likeness (QED) is 0.128. The normalized spacial score (nSPS) is 13.9. The first-order valence-electron chi connectivity index (χ1n) is 11.0. The van der Waals surface area contributed by atoms with Gasteiger partial charge in [-0.2, -0.15) is 0 Å². The minimum Gasteiger partial charge on any atom is -0.508 e. The predicted molar refractivity (Wildman–Crippen MR) is 124 cm³/mol. The van der Waals surface area contributed by atoms with Gasteiger partial charge in [-0.1, -0.05) is 12.1 Å². The van der Waals surface area contributed by atoms with E-state index in [9.17, 15) is 39.0 Å². The number of primary amides is 1. The third-order valence-electron chi connectivity index (χ3n) is 5.06.